The van der Waals surface area contributed by atoms with E-state index in [1.807, 2.05) is 0 Å². The number of amides is 1. The second kappa shape index (κ2) is 9.52. The maximum atomic E-state index is 12.9. The fourth-order valence-corrected chi connectivity index (χ4v) is 3.61. The lowest BCUT2D eigenvalue weighted by molar-refractivity contribution is -0.384. The summed E-state index contributed by atoms with van der Waals surface area (Å²) in [6.45, 7) is 3.40. The third-order valence-electron chi connectivity index (χ3n) is 5.45. The number of likely N-dealkylation sites (tertiary alicyclic amines) is 1. The van der Waals surface area contributed by atoms with E-state index in [0.29, 0.717) is 23.8 Å². The summed E-state index contributed by atoms with van der Waals surface area (Å²) in [6.07, 6.45) is 4.63. The fourth-order valence-electron chi connectivity index (χ4n) is 3.61. The van der Waals surface area contributed by atoms with Crippen molar-refractivity contribution in [1.29, 1.82) is 0 Å². The first-order valence-electron chi connectivity index (χ1n) is 10.3. The highest BCUT2D eigenvalue weighted by Gasteiger charge is 2.28. The quantitative estimate of drug-likeness (QED) is 0.299. The maximum absolute atomic E-state index is 12.9. The number of piperidine rings is 1. The van der Waals surface area contributed by atoms with Crippen LogP contribution in [0.1, 0.15) is 47.9 Å². The van der Waals surface area contributed by atoms with Crippen molar-refractivity contribution in [2.45, 2.75) is 38.8 Å². The third-order valence-corrected chi connectivity index (χ3v) is 5.45. The van der Waals surface area contributed by atoms with Gasteiger partial charge in [0.05, 0.1) is 16.8 Å². The maximum Gasteiger partial charge on any atom is 0.293 e. The molecule has 33 heavy (non-hydrogen) atoms. The van der Waals surface area contributed by atoms with Gasteiger partial charge in [0.25, 0.3) is 11.6 Å². The number of nitrogens with two attached hydrogens (primary N) is 1. The van der Waals surface area contributed by atoms with Crippen molar-refractivity contribution in [3.8, 4) is 5.82 Å². The lowest BCUT2D eigenvalue weighted by atomic mass is 10.0. The Kier molecular flexibility index (Phi) is 6.35. The number of anilines is 1. The SMILES string of the molecule is CC1CCCCN1Cc1c(C(=O)NN=Cc2ccc([N+](=O)[O-])cc2)nnn1-c1nonc1N. The van der Waals surface area contributed by atoms with Gasteiger partial charge < -0.3 is 5.73 Å². The Morgan fingerprint density at radius 3 is 2.82 bits per heavy atom. The van der Waals surface area contributed by atoms with Gasteiger partial charge in [-0.1, -0.05) is 11.6 Å². The van der Waals surface area contributed by atoms with Crippen LogP contribution in [0.15, 0.2) is 34.0 Å². The number of nitro groups is 1. The highest BCUT2D eigenvalue weighted by atomic mass is 16.6. The second-order valence-corrected chi connectivity index (χ2v) is 7.63. The van der Waals surface area contributed by atoms with Crippen LogP contribution in [0.2, 0.25) is 0 Å². The average molecular weight is 454 g/mol. The smallest absolute Gasteiger partial charge is 0.293 e. The van der Waals surface area contributed by atoms with Gasteiger partial charge in [-0.3, -0.25) is 19.8 Å². The molecule has 172 valence electrons. The summed E-state index contributed by atoms with van der Waals surface area (Å²) in [5, 5.41) is 30.1. The molecular weight excluding hydrogens is 432 g/mol. The van der Waals surface area contributed by atoms with Crippen molar-refractivity contribution >= 4 is 23.6 Å². The second-order valence-electron chi connectivity index (χ2n) is 7.63. The molecule has 14 heteroatoms. The zero-order chi connectivity index (χ0) is 23.4. The average Bonchev–Trinajstić information content (AvgIpc) is 3.41. The minimum absolute atomic E-state index is 0.0241. The molecule has 2 aromatic heterocycles. The van der Waals surface area contributed by atoms with Crippen molar-refractivity contribution in [2.24, 2.45) is 5.10 Å². The Hall–Kier alpha value is -4.20. The number of nitrogens with zero attached hydrogens (tertiary/aromatic N) is 8. The molecule has 1 aliphatic rings. The van der Waals surface area contributed by atoms with Gasteiger partial charge in [-0.25, -0.2) is 10.1 Å². The van der Waals surface area contributed by atoms with Gasteiger partial charge in [-0.15, -0.1) is 5.10 Å². The monoisotopic (exact) mass is 454 g/mol. The molecule has 0 bridgehead atoms. The summed E-state index contributed by atoms with van der Waals surface area (Å²) in [5.41, 5.74) is 9.33. The first-order chi connectivity index (χ1) is 15.9. The number of hydrogen-bond acceptors (Lipinski definition) is 11. The molecule has 1 fully saturated rings. The number of nitrogens with one attached hydrogen (secondary N) is 1. The predicted molar refractivity (Wildman–Crippen MR) is 116 cm³/mol. The molecule has 14 nitrogen and oxygen atoms in total. The van der Waals surface area contributed by atoms with E-state index in [1.54, 1.807) is 0 Å². The van der Waals surface area contributed by atoms with Gasteiger partial charge in [0.15, 0.2) is 5.69 Å². The largest absolute Gasteiger partial charge is 0.378 e. The highest BCUT2D eigenvalue weighted by molar-refractivity contribution is 5.94. The molecule has 1 unspecified atom stereocenters. The van der Waals surface area contributed by atoms with Crippen molar-refractivity contribution in [3.05, 3.63) is 51.3 Å². The number of carbonyl (C=O) groups excluding carboxylic acids is 1. The van der Waals surface area contributed by atoms with Crippen LogP contribution < -0.4 is 11.2 Å². The van der Waals surface area contributed by atoms with Crippen LogP contribution in [0.5, 0.6) is 0 Å². The van der Waals surface area contributed by atoms with E-state index in [2.05, 4.69) is 47.6 Å². The Morgan fingerprint density at radius 1 is 1.36 bits per heavy atom. The Labute approximate surface area is 187 Å². The van der Waals surface area contributed by atoms with Crippen LogP contribution in [0.3, 0.4) is 0 Å². The zero-order valence-corrected chi connectivity index (χ0v) is 17.8. The molecule has 1 amide bonds. The van der Waals surface area contributed by atoms with Crippen molar-refractivity contribution in [1.82, 2.24) is 35.6 Å². The number of nitrogen functional groups attached to an aromatic ring is 1. The lowest BCUT2D eigenvalue weighted by Gasteiger charge is -2.33. The molecule has 1 saturated heterocycles. The number of non-ortho nitro benzene ring substituents is 1. The van der Waals surface area contributed by atoms with Crippen LogP contribution >= 0.6 is 0 Å². The Bertz CT molecular complexity index is 1170. The number of rotatable bonds is 7. The number of benzene rings is 1. The third kappa shape index (κ3) is 4.85. The number of carbonyl (C=O) groups is 1. The number of hydrogen-bond donors (Lipinski definition) is 2. The molecular formula is C19H22N10O4. The van der Waals surface area contributed by atoms with Crippen LogP contribution in [0, 0.1) is 10.1 Å². The summed E-state index contributed by atoms with van der Waals surface area (Å²) in [4.78, 5) is 25.3. The number of hydrazone groups is 1. The van der Waals surface area contributed by atoms with E-state index in [1.165, 1.54) is 35.2 Å². The predicted octanol–water partition coefficient (Wildman–Crippen LogP) is 1.28. The Morgan fingerprint density at radius 2 is 2.15 bits per heavy atom. The topological polar surface area (TPSA) is 183 Å². The molecule has 3 N–H and O–H groups in total. The molecule has 0 saturated carbocycles. The van der Waals surface area contributed by atoms with Gasteiger partial charge >= 0.3 is 0 Å². The molecule has 1 atom stereocenters. The molecule has 3 heterocycles. The summed E-state index contributed by atoms with van der Waals surface area (Å²) >= 11 is 0. The molecule has 3 aromatic rings. The van der Waals surface area contributed by atoms with Crippen LogP contribution in [-0.4, -0.2) is 59.8 Å². The molecule has 0 radical (unpaired) electrons. The Balaban J connectivity index is 1.55. The van der Waals surface area contributed by atoms with E-state index in [-0.39, 0.29) is 23.0 Å². The number of aromatic nitrogens is 5. The van der Waals surface area contributed by atoms with Gasteiger partial charge in [-0.05, 0) is 54.3 Å². The van der Waals surface area contributed by atoms with Crippen molar-refractivity contribution in [2.75, 3.05) is 12.3 Å². The standard InChI is InChI=1S/C19H22N10O4/c1-12-4-2-3-9-27(12)11-15-16(22-26-28(15)18-17(20)24-33-25-18)19(30)23-21-10-13-5-7-14(8-6-13)29(31)32/h5-8,10,12H,2-4,9,11H2,1H3,(H2,20,24)(H,23,30). The number of nitro benzene ring substituents is 1. The van der Waals surface area contributed by atoms with Gasteiger partial charge in [0, 0.05) is 24.7 Å². The summed E-state index contributed by atoms with van der Waals surface area (Å²) in [5.74, 6) is -0.402. The minimum Gasteiger partial charge on any atom is -0.378 e. The van der Waals surface area contributed by atoms with Gasteiger partial charge in [0.2, 0.25) is 11.6 Å². The zero-order valence-electron chi connectivity index (χ0n) is 17.8. The molecule has 0 spiro atoms. The molecule has 4 rings (SSSR count). The van der Waals surface area contributed by atoms with Crippen molar-refractivity contribution in [3.63, 3.8) is 0 Å². The van der Waals surface area contributed by atoms with E-state index in [0.717, 1.165) is 25.8 Å². The van der Waals surface area contributed by atoms with Crippen LogP contribution in [0.25, 0.3) is 5.82 Å². The molecule has 1 aromatic carbocycles. The molecule has 0 aliphatic carbocycles. The van der Waals surface area contributed by atoms with E-state index in [9.17, 15) is 14.9 Å². The van der Waals surface area contributed by atoms with Gasteiger partial charge in [0.1, 0.15) is 0 Å². The lowest BCUT2D eigenvalue weighted by Crippen LogP contribution is -2.38. The first-order valence-corrected chi connectivity index (χ1v) is 10.3. The van der Waals surface area contributed by atoms with Crippen LogP contribution in [0.4, 0.5) is 11.5 Å². The highest BCUT2D eigenvalue weighted by Crippen LogP contribution is 2.22. The summed E-state index contributed by atoms with van der Waals surface area (Å²) < 4.78 is 6.03. The molecule has 1 aliphatic heterocycles. The van der Waals surface area contributed by atoms with E-state index < -0.39 is 10.8 Å². The minimum atomic E-state index is -0.575. The van der Waals surface area contributed by atoms with E-state index >= 15 is 0 Å². The normalized spacial score (nSPS) is 16.8. The van der Waals surface area contributed by atoms with Crippen molar-refractivity contribution < 1.29 is 14.3 Å². The first kappa shape index (κ1) is 22.0. The fraction of sp³-hybridized carbons (Fsp3) is 0.368. The van der Waals surface area contributed by atoms with Crippen LogP contribution in [-0.2, 0) is 6.54 Å². The summed E-state index contributed by atoms with van der Waals surface area (Å²) in [7, 11) is 0. The summed E-state index contributed by atoms with van der Waals surface area (Å²) in [6, 6.07) is 6.07. The van der Waals surface area contributed by atoms with Gasteiger partial charge in [-0.2, -0.15) is 9.78 Å². The van der Waals surface area contributed by atoms with E-state index in [4.69, 9.17) is 5.73 Å².